The highest BCUT2D eigenvalue weighted by molar-refractivity contribution is 7.99. The Morgan fingerprint density at radius 3 is 2.54 bits per heavy atom. The van der Waals surface area contributed by atoms with E-state index in [1.54, 1.807) is 16.4 Å². The van der Waals surface area contributed by atoms with Crippen LogP contribution in [0.2, 0.25) is 0 Å². The molecule has 1 aliphatic heterocycles. The molecule has 1 aliphatic carbocycles. The molecule has 0 bridgehead atoms. The molecule has 0 radical (unpaired) electrons. The summed E-state index contributed by atoms with van der Waals surface area (Å²) in [5.41, 5.74) is 1.01. The number of nitrogens with one attached hydrogen (secondary N) is 2. The standard InChI is InChI=1S/C20H32N4O2S2/c1-3-21-20(23-17-8-9-18(14-17)27-2)22-15-16-6-10-19(11-7-16)28(25,26)24-12-4-5-13-24/h6-7,10-11,17-18H,3-5,8-9,12-15H2,1-2H3,(H2,21,22,23). The van der Waals surface area contributed by atoms with Crippen LogP contribution in [0.15, 0.2) is 34.2 Å². The van der Waals surface area contributed by atoms with Gasteiger partial charge in [-0.05, 0) is 63.0 Å². The molecule has 3 rings (SSSR count). The van der Waals surface area contributed by atoms with Crippen molar-refractivity contribution in [1.82, 2.24) is 14.9 Å². The Balaban J connectivity index is 1.61. The van der Waals surface area contributed by atoms with Gasteiger partial charge < -0.3 is 10.6 Å². The zero-order chi connectivity index (χ0) is 20.0. The van der Waals surface area contributed by atoms with Gasteiger partial charge >= 0.3 is 0 Å². The third-order valence-electron chi connectivity index (χ3n) is 5.45. The largest absolute Gasteiger partial charge is 0.357 e. The number of sulfonamides is 1. The highest BCUT2D eigenvalue weighted by atomic mass is 32.2. The van der Waals surface area contributed by atoms with E-state index >= 15 is 0 Å². The Kier molecular flexibility index (Phi) is 7.65. The molecule has 1 heterocycles. The van der Waals surface area contributed by atoms with E-state index in [1.807, 2.05) is 23.9 Å². The quantitative estimate of drug-likeness (QED) is 0.520. The first-order valence-electron chi connectivity index (χ1n) is 10.2. The second-order valence-electron chi connectivity index (χ2n) is 7.46. The minimum atomic E-state index is -3.35. The van der Waals surface area contributed by atoms with Crippen molar-refractivity contribution >= 4 is 27.7 Å². The molecule has 2 atom stereocenters. The normalized spacial score (nSPS) is 23.9. The summed E-state index contributed by atoms with van der Waals surface area (Å²) < 4.78 is 26.8. The Hall–Kier alpha value is -1.25. The number of hydrogen-bond acceptors (Lipinski definition) is 4. The van der Waals surface area contributed by atoms with E-state index in [-0.39, 0.29) is 0 Å². The van der Waals surface area contributed by atoms with Gasteiger partial charge in [-0.1, -0.05) is 12.1 Å². The second kappa shape index (κ2) is 9.98. The average molecular weight is 425 g/mol. The monoisotopic (exact) mass is 424 g/mol. The van der Waals surface area contributed by atoms with Crippen LogP contribution in [-0.4, -0.2) is 55.9 Å². The van der Waals surface area contributed by atoms with E-state index in [1.165, 1.54) is 19.3 Å². The molecule has 2 fully saturated rings. The summed E-state index contributed by atoms with van der Waals surface area (Å²) in [5, 5.41) is 7.60. The van der Waals surface area contributed by atoms with Crippen LogP contribution in [0, 0.1) is 0 Å². The third kappa shape index (κ3) is 5.42. The Labute approximate surface area is 173 Å². The molecule has 1 saturated heterocycles. The van der Waals surface area contributed by atoms with Gasteiger partial charge in [0.25, 0.3) is 0 Å². The molecule has 1 saturated carbocycles. The number of benzene rings is 1. The van der Waals surface area contributed by atoms with E-state index in [0.29, 0.717) is 30.6 Å². The zero-order valence-corrected chi connectivity index (χ0v) is 18.5. The van der Waals surface area contributed by atoms with E-state index in [9.17, 15) is 8.42 Å². The average Bonchev–Trinajstić information content (AvgIpc) is 3.39. The first-order chi connectivity index (χ1) is 13.5. The molecular weight excluding hydrogens is 392 g/mol. The third-order valence-corrected chi connectivity index (χ3v) is 8.46. The summed E-state index contributed by atoms with van der Waals surface area (Å²) >= 11 is 1.95. The van der Waals surface area contributed by atoms with Crippen molar-refractivity contribution < 1.29 is 8.42 Å². The van der Waals surface area contributed by atoms with Crippen LogP contribution in [0.5, 0.6) is 0 Å². The molecular formula is C20H32N4O2S2. The molecule has 0 amide bonds. The lowest BCUT2D eigenvalue weighted by Crippen LogP contribution is -2.42. The van der Waals surface area contributed by atoms with Crippen molar-refractivity contribution in [2.45, 2.75) is 61.8 Å². The molecule has 2 N–H and O–H groups in total. The minimum absolute atomic E-state index is 0.376. The predicted molar refractivity (Wildman–Crippen MR) is 117 cm³/mol. The summed E-state index contributed by atoms with van der Waals surface area (Å²) in [6.07, 6.45) is 7.69. The van der Waals surface area contributed by atoms with Crippen molar-refractivity contribution in [3.63, 3.8) is 0 Å². The Bertz CT molecular complexity index is 759. The number of thioether (sulfide) groups is 1. The van der Waals surface area contributed by atoms with Crippen molar-refractivity contribution in [3.8, 4) is 0 Å². The number of rotatable bonds is 7. The summed E-state index contributed by atoms with van der Waals surface area (Å²) in [6, 6.07) is 7.63. The van der Waals surface area contributed by atoms with E-state index in [4.69, 9.17) is 4.99 Å². The SMILES string of the molecule is CCNC(=NCc1ccc(S(=O)(=O)N2CCCC2)cc1)NC1CCC(SC)C1. The molecule has 0 aromatic heterocycles. The molecule has 6 nitrogen and oxygen atoms in total. The fourth-order valence-electron chi connectivity index (χ4n) is 3.81. The zero-order valence-electron chi connectivity index (χ0n) is 16.9. The van der Waals surface area contributed by atoms with Crippen LogP contribution in [0.25, 0.3) is 0 Å². The molecule has 1 aromatic carbocycles. The van der Waals surface area contributed by atoms with Gasteiger partial charge in [0.1, 0.15) is 0 Å². The first-order valence-corrected chi connectivity index (χ1v) is 12.9. The Morgan fingerprint density at radius 1 is 1.21 bits per heavy atom. The van der Waals surface area contributed by atoms with Gasteiger partial charge in [0.2, 0.25) is 10.0 Å². The van der Waals surface area contributed by atoms with Crippen LogP contribution in [0.1, 0.15) is 44.6 Å². The maximum atomic E-state index is 12.6. The van der Waals surface area contributed by atoms with E-state index in [0.717, 1.165) is 36.2 Å². The number of aliphatic imine (C=N–C) groups is 1. The minimum Gasteiger partial charge on any atom is -0.357 e. The summed E-state index contributed by atoms with van der Waals surface area (Å²) in [4.78, 5) is 5.07. The van der Waals surface area contributed by atoms with Crippen molar-refractivity contribution in [2.75, 3.05) is 25.9 Å². The highest BCUT2D eigenvalue weighted by Gasteiger charge is 2.27. The lowest BCUT2D eigenvalue weighted by Gasteiger charge is -2.17. The van der Waals surface area contributed by atoms with Crippen LogP contribution in [-0.2, 0) is 16.6 Å². The van der Waals surface area contributed by atoms with Gasteiger partial charge in [-0.25, -0.2) is 13.4 Å². The lowest BCUT2D eigenvalue weighted by molar-refractivity contribution is 0.477. The topological polar surface area (TPSA) is 73.8 Å². The molecule has 0 spiro atoms. The van der Waals surface area contributed by atoms with Crippen LogP contribution in [0.4, 0.5) is 0 Å². The number of nitrogens with zero attached hydrogens (tertiary/aromatic N) is 2. The lowest BCUT2D eigenvalue weighted by atomic mass is 10.2. The van der Waals surface area contributed by atoms with Crippen molar-refractivity contribution in [1.29, 1.82) is 0 Å². The molecule has 8 heteroatoms. The maximum absolute atomic E-state index is 12.6. The summed E-state index contributed by atoms with van der Waals surface area (Å²) in [5.74, 6) is 0.836. The predicted octanol–water partition coefficient (Wildman–Crippen LogP) is 2.81. The second-order valence-corrected chi connectivity index (χ2v) is 10.5. The highest BCUT2D eigenvalue weighted by Crippen LogP contribution is 2.28. The van der Waals surface area contributed by atoms with Crippen LogP contribution < -0.4 is 10.6 Å². The van der Waals surface area contributed by atoms with Gasteiger partial charge in [0.15, 0.2) is 5.96 Å². The van der Waals surface area contributed by atoms with Gasteiger partial charge in [0, 0.05) is 30.9 Å². The van der Waals surface area contributed by atoms with Gasteiger partial charge in [-0.2, -0.15) is 16.1 Å². The molecule has 2 unspecified atom stereocenters. The van der Waals surface area contributed by atoms with Gasteiger partial charge in [-0.15, -0.1) is 0 Å². The fraction of sp³-hybridized carbons (Fsp3) is 0.650. The Morgan fingerprint density at radius 2 is 1.93 bits per heavy atom. The van der Waals surface area contributed by atoms with Gasteiger partial charge in [-0.3, -0.25) is 0 Å². The molecule has 2 aliphatic rings. The first kappa shape index (κ1) is 21.5. The van der Waals surface area contributed by atoms with E-state index < -0.39 is 10.0 Å². The van der Waals surface area contributed by atoms with E-state index in [2.05, 4.69) is 23.8 Å². The van der Waals surface area contributed by atoms with Crippen molar-refractivity contribution in [2.24, 2.45) is 4.99 Å². The van der Waals surface area contributed by atoms with Crippen LogP contribution in [0.3, 0.4) is 0 Å². The fourth-order valence-corrected chi connectivity index (χ4v) is 6.13. The number of guanidine groups is 1. The van der Waals surface area contributed by atoms with Gasteiger partial charge in [0.05, 0.1) is 11.4 Å². The summed E-state index contributed by atoms with van der Waals surface area (Å²) in [6.45, 7) is 4.67. The molecule has 156 valence electrons. The summed E-state index contributed by atoms with van der Waals surface area (Å²) in [7, 11) is -3.35. The smallest absolute Gasteiger partial charge is 0.243 e. The molecule has 1 aromatic rings. The number of hydrogen-bond donors (Lipinski definition) is 2. The maximum Gasteiger partial charge on any atom is 0.243 e. The van der Waals surface area contributed by atoms with Crippen molar-refractivity contribution in [3.05, 3.63) is 29.8 Å². The molecule has 28 heavy (non-hydrogen) atoms. The van der Waals surface area contributed by atoms with Crippen LogP contribution >= 0.6 is 11.8 Å².